The number of benzene rings is 2. The SMILES string of the molecule is NC(=O)N1[CH]NC(=O)c2c(CN(Cc3ccccc3)Cc3ccccc3)c[nH]c21. The van der Waals surface area contributed by atoms with E-state index in [1.807, 2.05) is 36.4 Å². The Labute approximate surface area is 169 Å². The van der Waals surface area contributed by atoms with Gasteiger partial charge in [0.1, 0.15) is 5.82 Å². The molecule has 3 aromatic rings. The highest BCUT2D eigenvalue weighted by atomic mass is 16.2. The topological polar surface area (TPSA) is 94.5 Å². The maximum absolute atomic E-state index is 12.5. The zero-order chi connectivity index (χ0) is 20.2. The van der Waals surface area contributed by atoms with Crippen LogP contribution in [0.25, 0.3) is 0 Å². The molecule has 0 atom stereocenters. The van der Waals surface area contributed by atoms with Gasteiger partial charge in [0.25, 0.3) is 5.91 Å². The Morgan fingerprint density at radius 1 is 0.931 bits per heavy atom. The van der Waals surface area contributed by atoms with Crippen LogP contribution in [0.1, 0.15) is 27.0 Å². The van der Waals surface area contributed by atoms with Crippen molar-refractivity contribution in [3.8, 4) is 0 Å². The highest BCUT2D eigenvalue weighted by Crippen LogP contribution is 2.28. The summed E-state index contributed by atoms with van der Waals surface area (Å²) in [5, 5.41) is 2.59. The largest absolute Gasteiger partial charge is 0.351 e. The molecule has 1 radical (unpaired) electrons. The maximum Gasteiger partial charge on any atom is 0.322 e. The van der Waals surface area contributed by atoms with Gasteiger partial charge in [-0.05, 0) is 16.7 Å². The molecule has 4 N–H and O–H groups in total. The zero-order valence-corrected chi connectivity index (χ0v) is 15.8. The quantitative estimate of drug-likeness (QED) is 0.606. The van der Waals surface area contributed by atoms with Gasteiger partial charge in [-0.2, -0.15) is 0 Å². The number of fused-ring (bicyclic) bond motifs is 1. The van der Waals surface area contributed by atoms with Crippen LogP contribution in [0.3, 0.4) is 0 Å². The van der Waals surface area contributed by atoms with Gasteiger partial charge in [-0.3, -0.25) is 14.6 Å². The lowest BCUT2D eigenvalue weighted by Gasteiger charge is -2.26. The molecular weight excluding hydrogens is 366 g/mol. The number of hydrogen-bond donors (Lipinski definition) is 3. The summed E-state index contributed by atoms with van der Waals surface area (Å²) in [6.07, 6.45) is 1.77. The molecule has 4 rings (SSSR count). The van der Waals surface area contributed by atoms with E-state index in [0.29, 0.717) is 17.9 Å². The number of carbonyl (C=O) groups excluding carboxylic acids is 2. The van der Waals surface area contributed by atoms with Crippen molar-refractivity contribution in [2.45, 2.75) is 19.6 Å². The molecule has 1 aliphatic heterocycles. The molecule has 0 saturated carbocycles. The van der Waals surface area contributed by atoms with Gasteiger partial charge in [0.05, 0.1) is 5.56 Å². The molecule has 147 valence electrons. The predicted molar refractivity (Wildman–Crippen MR) is 110 cm³/mol. The van der Waals surface area contributed by atoms with Crippen molar-refractivity contribution < 1.29 is 9.59 Å². The Morgan fingerprint density at radius 3 is 2.07 bits per heavy atom. The van der Waals surface area contributed by atoms with Crippen molar-refractivity contribution in [2.24, 2.45) is 5.73 Å². The molecule has 7 heteroatoms. The molecule has 2 aromatic carbocycles. The summed E-state index contributed by atoms with van der Waals surface area (Å²) >= 11 is 0. The summed E-state index contributed by atoms with van der Waals surface area (Å²) < 4.78 is 0. The summed E-state index contributed by atoms with van der Waals surface area (Å²) in [5.74, 6) is 0.142. The highest BCUT2D eigenvalue weighted by Gasteiger charge is 2.31. The van der Waals surface area contributed by atoms with Gasteiger partial charge in [0.2, 0.25) is 0 Å². The smallest absolute Gasteiger partial charge is 0.322 e. The number of nitrogens with two attached hydrogens (primary N) is 1. The predicted octanol–water partition coefficient (Wildman–Crippen LogP) is 2.96. The van der Waals surface area contributed by atoms with E-state index in [1.54, 1.807) is 6.20 Å². The number of carbonyl (C=O) groups is 2. The van der Waals surface area contributed by atoms with Crippen LogP contribution in [0, 0.1) is 6.67 Å². The van der Waals surface area contributed by atoms with Gasteiger partial charge in [-0.15, -0.1) is 0 Å². The Balaban J connectivity index is 1.62. The first-order valence-electron chi connectivity index (χ1n) is 9.35. The standard InChI is InChI=1S/C22H22N5O2/c23-22(29)27-15-25-21(28)19-18(11-24-20(19)27)14-26(12-16-7-3-1-4-8-16)13-17-9-5-2-6-10-17/h1-11,15,24H,12-14H2,(H2,23,29)(H,25,28). The monoisotopic (exact) mass is 388 g/mol. The van der Waals surface area contributed by atoms with E-state index in [1.165, 1.54) is 22.7 Å². The fourth-order valence-corrected chi connectivity index (χ4v) is 3.55. The number of aromatic nitrogens is 1. The molecule has 0 aliphatic carbocycles. The maximum atomic E-state index is 12.5. The first-order valence-corrected chi connectivity index (χ1v) is 9.35. The Morgan fingerprint density at radius 2 is 1.52 bits per heavy atom. The average molecular weight is 388 g/mol. The summed E-state index contributed by atoms with van der Waals surface area (Å²) in [4.78, 5) is 30.6. The van der Waals surface area contributed by atoms with Gasteiger partial charge in [0.15, 0.2) is 6.67 Å². The minimum atomic E-state index is -0.662. The molecule has 0 unspecified atom stereocenters. The van der Waals surface area contributed by atoms with Gasteiger partial charge in [0, 0.05) is 25.8 Å². The third-order valence-corrected chi connectivity index (χ3v) is 4.86. The molecule has 0 fully saturated rings. The first-order chi connectivity index (χ1) is 14.1. The van der Waals surface area contributed by atoms with Crippen LogP contribution < -0.4 is 16.0 Å². The van der Waals surface area contributed by atoms with Crippen molar-refractivity contribution in [2.75, 3.05) is 4.90 Å². The minimum absolute atomic E-state index is 0.256. The van der Waals surface area contributed by atoms with Crippen LogP contribution in [-0.4, -0.2) is 21.8 Å². The normalized spacial score (nSPS) is 13.3. The third-order valence-electron chi connectivity index (χ3n) is 4.86. The number of rotatable bonds is 6. The van der Waals surface area contributed by atoms with Gasteiger partial charge < -0.3 is 16.0 Å². The van der Waals surface area contributed by atoms with E-state index in [4.69, 9.17) is 5.73 Å². The molecule has 0 saturated heterocycles. The number of H-pyrrole nitrogens is 1. The lowest BCUT2D eigenvalue weighted by Crippen LogP contribution is -2.45. The van der Waals surface area contributed by atoms with E-state index >= 15 is 0 Å². The van der Waals surface area contributed by atoms with E-state index < -0.39 is 6.03 Å². The van der Waals surface area contributed by atoms with Crippen molar-refractivity contribution in [3.05, 3.63) is 95.8 Å². The van der Waals surface area contributed by atoms with Crippen LogP contribution >= 0.6 is 0 Å². The number of amides is 3. The second kappa shape index (κ2) is 8.20. The molecule has 1 aliphatic rings. The molecular formula is C22H22N5O2. The Bertz CT molecular complexity index is 959. The number of urea groups is 1. The highest BCUT2D eigenvalue weighted by molar-refractivity contribution is 6.08. The van der Waals surface area contributed by atoms with Crippen molar-refractivity contribution in [3.63, 3.8) is 0 Å². The number of anilines is 1. The summed E-state index contributed by atoms with van der Waals surface area (Å²) in [7, 11) is 0. The van der Waals surface area contributed by atoms with Crippen LogP contribution in [0.5, 0.6) is 0 Å². The average Bonchev–Trinajstić information content (AvgIpc) is 3.14. The molecule has 3 amide bonds. The molecule has 2 heterocycles. The van der Waals surface area contributed by atoms with E-state index in [9.17, 15) is 9.59 Å². The fourth-order valence-electron chi connectivity index (χ4n) is 3.55. The molecule has 0 bridgehead atoms. The van der Waals surface area contributed by atoms with E-state index in [0.717, 1.165) is 18.7 Å². The van der Waals surface area contributed by atoms with Gasteiger partial charge in [-0.25, -0.2) is 4.79 Å². The van der Waals surface area contributed by atoms with E-state index in [2.05, 4.69) is 39.5 Å². The van der Waals surface area contributed by atoms with Crippen LogP contribution in [0.4, 0.5) is 10.6 Å². The Kier molecular flexibility index (Phi) is 5.31. The van der Waals surface area contributed by atoms with Crippen LogP contribution in [0.2, 0.25) is 0 Å². The Hall–Kier alpha value is -3.58. The number of hydrogen-bond acceptors (Lipinski definition) is 3. The first kappa shape index (κ1) is 18.8. The lowest BCUT2D eigenvalue weighted by atomic mass is 10.1. The zero-order valence-electron chi connectivity index (χ0n) is 15.8. The minimum Gasteiger partial charge on any atom is -0.351 e. The summed E-state index contributed by atoms with van der Waals surface area (Å²) in [6, 6.07) is 19.7. The second-order valence-corrected chi connectivity index (χ2v) is 6.96. The summed E-state index contributed by atoms with van der Waals surface area (Å²) in [6.45, 7) is 3.26. The third kappa shape index (κ3) is 4.14. The van der Waals surface area contributed by atoms with E-state index in [-0.39, 0.29) is 5.91 Å². The van der Waals surface area contributed by atoms with Gasteiger partial charge in [-0.1, -0.05) is 60.7 Å². The van der Waals surface area contributed by atoms with Crippen LogP contribution in [-0.2, 0) is 19.6 Å². The number of aromatic amines is 1. The number of nitrogens with one attached hydrogen (secondary N) is 2. The number of nitrogens with zero attached hydrogens (tertiary/aromatic N) is 2. The lowest BCUT2D eigenvalue weighted by molar-refractivity contribution is 0.0957. The van der Waals surface area contributed by atoms with Crippen LogP contribution in [0.15, 0.2) is 66.9 Å². The second-order valence-electron chi connectivity index (χ2n) is 6.96. The molecule has 1 aromatic heterocycles. The molecule has 7 nitrogen and oxygen atoms in total. The molecule has 29 heavy (non-hydrogen) atoms. The number of primary amides is 1. The van der Waals surface area contributed by atoms with Crippen molar-refractivity contribution >= 4 is 17.8 Å². The summed E-state index contributed by atoms with van der Waals surface area (Å²) in [5.41, 5.74) is 9.04. The fraction of sp³-hybridized carbons (Fsp3) is 0.136. The molecule has 0 spiro atoms. The van der Waals surface area contributed by atoms with Crippen molar-refractivity contribution in [1.82, 2.24) is 15.2 Å². The van der Waals surface area contributed by atoms with Gasteiger partial charge >= 0.3 is 6.03 Å². The van der Waals surface area contributed by atoms with Crippen molar-refractivity contribution in [1.29, 1.82) is 0 Å².